The number of rotatable bonds is 5. The van der Waals surface area contributed by atoms with Crippen LogP contribution in [-0.2, 0) is 25.9 Å². The molecule has 0 fully saturated rings. The van der Waals surface area contributed by atoms with E-state index in [1.54, 1.807) is 11.3 Å². The molecule has 0 bridgehead atoms. The first kappa shape index (κ1) is 14.5. The molecule has 0 saturated carbocycles. The number of hydrogen-bond donors (Lipinski definition) is 0. The Morgan fingerprint density at radius 3 is 2.95 bits per heavy atom. The van der Waals surface area contributed by atoms with Crippen LogP contribution in [0.25, 0.3) is 0 Å². The maximum atomic E-state index is 5.61. The van der Waals surface area contributed by atoms with E-state index in [0.717, 1.165) is 44.8 Å². The van der Waals surface area contributed by atoms with E-state index in [-0.39, 0.29) is 0 Å². The minimum absolute atomic E-state index is 0.723. The van der Waals surface area contributed by atoms with Crippen LogP contribution in [0.3, 0.4) is 0 Å². The van der Waals surface area contributed by atoms with Crippen molar-refractivity contribution in [2.75, 3.05) is 13.2 Å². The van der Waals surface area contributed by atoms with Crippen molar-refractivity contribution in [2.24, 2.45) is 0 Å². The number of fused-ring (bicyclic) bond motifs is 1. The summed E-state index contributed by atoms with van der Waals surface area (Å²) in [5.41, 5.74) is 4.07. The van der Waals surface area contributed by atoms with Crippen LogP contribution >= 0.6 is 11.3 Å². The third-order valence-corrected chi connectivity index (χ3v) is 4.91. The molecule has 1 aromatic heterocycles. The topological polar surface area (TPSA) is 25.4 Å². The Bertz CT molecular complexity index is 609. The quantitative estimate of drug-likeness (QED) is 0.843. The van der Waals surface area contributed by atoms with Gasteiger partial charge in [-0.1, -0.05) is 13.0 Å². The van der Waals surface area contributed by atoms with Crippen molar-refractivity contribution < 1.29 is 4.74 Å². The molecule has 1 aliphatic rings. The van der Waals surface area contributed by atoms with Crippen LogP contribution in [0.15, 0.2) is 23.6 Å². The lowest BCUT2D eigenvalue weighted by molar-refractivity contribution is 0.242. The van der Waals surface area contributed by atoms with E-state index in [4.69, 9.17) is 4.74 Å². The van der Waals surface area contributed by atoms with Gasteiger partial charge in [0.25, 0.3) is 0 Å². The third kappa shape index (κ3) is 3.44. The minimum Gasteiger partial charge on any atom is -0.494 e. The Labute approximate surface area is 130 Å². The van der Waals surface area contributed by atoms with E-state index in [9.17, 15) is 0 Å². The predicted molar refractivity (Wildman–Crippen MR) is 86.9 cm³/mol. The van der Waals surface area contributed by atoms with E-state index in [1.165, 1.54) is 21.8 Å². The van der Waals surface area contributed by atoms with E-state index in [2.05, 4.69) is 40.4 Å². The van der Waals surface area contributed by atoms with Crippen LogP contribution in [0.5, 0.6) is 5.75 Å². The van der Waals surface area contributed by atoms with Crippen molar-refractivity contribution in [2.45, 2.75) is 39.8 Å². The van der Waals surface area contributed by atoms with Gasteiger partial charge >= 0.3 is 0 Å². The van der Waals surface area contributed by atoms with Gasteiger partial charge in [0, 0.05) is 25.0 Å². The number of thiazole rings is 1. The average Bonchev–Trinajstić information content (AvgIpc) is 2.95. The summed E-state index contributed by atoms with van der Waals surface area (Å²) in [6.07, 6.45) is 2.15. The Hall–Kier alpha value is -1.39. The summed E-state index contributed by atoms with van der Waals surface area (Å²) < 4.78 is 5.61. The Morgan fingerprint density at radius 2 is 2.19 bits per heavy atom. The number of aryl methyl sites for hydroxylation is 1. The molecule has 1 aliphatic heterocycles. The predicted octanol–water partition coefficient (Wildman–Crippen LogP) is 3.66. The molecule has 3 rings (SSSR count). The van der Waals surface area contributed by atoms with Crippen LogP contribution < -0.4 is 4.74 Å². The maximum Gasteiger partial charge on any atom is 0.119 e. The number of benzene rings is 1. The summed E-state index contributed by atoms with van der Waals surface area (Å²) in [6.45, 7) is 7.97. The highest BCUT2D eigenvalue weighted by Crippen LogP contribution is 2.25. The molecule has 0 atom stereocenters. The second kappa shape index (κ2) is 6.58. The zero-order chi connectivity index (χ0) is 14.7. The van der Waals surface area contributed by atoms with Crippen molar-refractivity contribution in [3.63, 3.8) is 0 Å². The summed E-state index contributed by atoms with van der Waals surface area (Å²) in [4.78, 5) is 7.16. The standard InChI is InChI=1S/C17H22N2OS/c1-3-17-18-15(12-21-17)11-19-8-7-13-5-6-16(20-4-2)9-14(13)10-19/h5-6,9,12H,3-4,7-8,10-11H2,1-2H3. The lowest BCUT2D eigenvalue weighted by Gasteiger charge is -2.28. The zero-order valence-corrected chi connectivity index (χ0v) is 13.6. The van der Waals surface area contributed by atoms with Crippen LogP contribution in [0.2, 0.25) is 0 Å². The first-order valence-electron chi connectivity index (χ1n) is 7.68. The number of nitrogens with zero attached hydrogens (tertiary/aromatic N) is 2. The fourth-order valence-electron chi connectivity index (χ4n) is 2.80. The molecule has 0 radical (unpaired) electrons. The van der Waals surface area contributed by atoms with Gasteiger partial charge in [-0.3, -0.25) is 4.90 Å². The normalized spacial score (nSPS) is 15.0. The SMILES string of the molecule is CCOc1ccc2c(c1)CN(Cc1csc(CC)n1)CC2. The molecule has 3 nitrogen and oxygen atoms in total. The van der Waals surface area contributed by atoms with Crippen LogP contribution in [0.1, 0.15) is 35.7 Å². The van der Waals surface area contributed by atoms with Crippen molar-refractivity contribution in [1.29, 1.82) is 0 Å². The first-order valence-corrected chi connectivity index (χ1v) is 8.56. The monoisotopic (exact) mass is 302 g/mol. The molecule has 0 amide bonds. The molecule has 2 heterocycles. The molecule has 112 valence electrons. The minimum atomic E-state index is 0.723. The maximum absolute atomic E-state index is 5.61. The lowest BCUT2D eigenvalue weighted by Crippen LogP contribution is -2.30. The van der Waals surface area contributed by atoms with Gasteiger partial charge in [-0.2, -0.15) is 0 Å². The molecule has 4 heteroatoms. The van der Waals surface area contributed by atoms with Crippen molar-refractivity contribution in [3.8, 4) is 5.75 Å². The molecule has 0 saturated heterocycles. The zero-order valence-electron chi connectivity index (χ0n) is 12.8. The molecular formula is C17H22N2OS. The van der Waals surface area contributed by atoms with Gasteiger partial charge in [0.1, 0.15) is 5.75 Å². The summed E-state index contributed by atoms with van der Waals surface area (Å²) >= 11 is 1.77. The highest BCUT2D eigenvalue weighted by Gasteiger charge is 2.17. The average molecular weight is 302 g/mol. The number of hydrogen-bond acceptors (Lipinski definition) is 4. The molecule has 1 aromatic carbocycles. The largest absolute Gasteiger partial charge is 0.494 e. The first-order chi connectivity index (χ1) is 10.3. The van der Waals surface area contributed by atoms with Crippen molar-refractivity contribution in [3.05, 3.63) is 45.4 Å². The fourth-order valence-corrected chi connectivity index (χ4v) is 3.53. The van der Waals surface area contributed by atoms with E-state index >= 15 is 0 Å². The van der Waals surface area contributed by atoms with Gasteiger partial charge in [-0.25, -0.2) is 4.98 Å². The van der Waals surface area contributed by atoms with Crippen molar-refractivity contribution in [1.82, 2.24) is 9.88 Å². The second-order valence-corrected chi connectivity index (χ2v) is 6.35. The molecular weight excluding hydrogens is 280 g/mol. The molecule has 0 N–H and O–H groups in total. The number of ether oxygens (including phenoxy) is 1. The summed E-state index contributed by atoms with van der Waals surface area (Å²) in [6, 6.07) is 6.51. The Kier molecular flexibility index (Phi) is 4.56. The van der Waals surface area contributed by atoms with E-state index < -0.39 is 0 Å². The molecule has 0 spiro atoms. The van der Waals surface area contributed by atoms with Crippen LogP contribution in [-0.4, -0.2) is 23.0 Å². The third-order valence-electron chi connectivity index (χ3n) is 3.87. The Morgan fingerprint density at radius 1 is 1.29 bits per heavy atom. The fraction of sp³-hybridized carbons (Fsp3) is 0.471. The summed E-state index contributed by atoms with van der Waals surface area (Å²) in [5, 5.41) is 3.44. The van der Waals surface area contributed by atoms with Gasteiger partial charge in [-0.15, -0.1) is 11.3 Å². The number of aromatic nitrogens is 1. The summed E-state index contributed by atoms with van der Waals surface area (Å²) in [7, 11) is 0. The highest BCUT2D eigenvalue weighted by atomic mass is 32.1. The van der Waals surface area contributed by atoms with Gasteiger partial charge in [0.15, 0.2) is 0 Å². The van der Waals surface area contributed by atoms with Gasteiger partial charge in [-0.05, 0) is 43.0 Å². The summed E-state index contributed by atoms with van der Waals surface area (Å²) in [5.74, 6) is 0.986. The van der Waals surface area contributed by atoms with E-state index in [1.807, 2.05) is 6.92 Å². The second-order valence-electron chi connectivity index (χ2n) is 5.41. The Balaban J connectivity index is 1.69. The van der Waals surface area contributed by atoms with Crippen LogP contribution in [0.4, 0.5) is 0 Å². The molecule has 2 aromatic rings. The molecule has 21 heavy (non-hydrogen) atoms. The smallest absolute Gasteiger partial charge is 0.119 e. The van der Waals surface area contributed by atoms with Gasteiger partial charge < -0.3 is 4.74 Å². The van der Waals surface area contributed by atoms with Crippen LogP contribution in [0, 0.1) is 0 Å². The molecule has 0 unspecified atom stereocenters. The highest BCUT2D eigenvalue weighted by molar-refractivity contribution is 7.09. The molecule has 0 aliphatic carbocycles. The van der Waals surface area contributed by atoms with Crippen molar-refractivity contribution >= 4 is 11.3 Å². The van der Waals surface area contributed by atoms with Gasteiger partial charge in [0.2, 0.25) is 0 Å². The van der Waals surface area contributed by atoms with E-state index in [0.29, 0.717) is 0 Å². The van der Waals surface area contributed by atoms with Gasteiger partial charge in [0.05, 0.1) is 17.3 Å². The lowest BCUT2D eigenvalue weighted by atomic mass is 9.99.